The Balaban J connectivity index is 2.64. The predicted molar refractivity (Wildman–Crippen MR) is 56.4 cm³/mol. The van der Waals surface area contributed by atoms with Crippen molar-refractivity contribution in [3.8, 4) is 0 Å². The molecule has 1 aliphatic rings. The Morgan fingerprint density at radius 3 is 2.33 bits per heavy atom. The van der Waals surface area contributed by atoms with Gasteiger partial charge in [0.1, 0.15) is 5.41 Å². The Bertz CT molecular complexity index is 271. The first kappa shape index (κ1) is 12.0. The summed E-state index contributed by atoms with van der Waals surface area (Å²) >= 11 is 0. The van der Waals surface area contributed by atoms with Crippen LogP contribution in [0, 0.1) is 5.41 Å². The first-order valence-corrected chi connectivity index (χ1v) is 5.46. The van der Waals surface area contributed by atoms with Gasteiger partial charge in [-0.15, -0.1) is 0 Å². The molecule has 1 fully saturated rings. The molecule has 1 saturated carbocycles. The van der Waals surface area contributed by atoms with Crippen molar-refractivity contribution >= 4 is 11.9 Å². The molecule has 1 aliphatic carbocycles. The average Bonchev–Trinajstić information content (AvgIpc) is 2.96. The largest absolute Gasteiger partial charge is 0.480 e. The van der Waals surface area contributed by atoms with Gasteiger partial charge >= 0.3 is 5.97 Å². The molecule has 0 aliphatic heterocycles. The smallest absolute Gasteiger partial charge is 0.319 e. The molecule has 1 rings (SSSR count). The summed E-state index contributed by atoms with van der Waals surface area (Å²) in [6, 6.07) is 0.124. The highest BCUT2D eigenvalue weighted by Gasteiger charge is 2.58. The molecule has 1 amide bonds. The second kappa shape index (κ2) is 4.21. The Morgan fingerprint density at radius 2 is 2.00 bits per heavy atom. The lowest BCUT2D eigenvalue weighted by Crippen LogP contribution is -2.43. The van der Waals surface area contributed by atoms with Crippen LogP contribution in [0.1, 0.15) is 39.5 Å². The van der Waals surface area contributed by atoms with Crippen molar-refractivity contribution in [2.75, 3.05) is 7.05 Å². The lowest BCUT2D eigenvalue weighted by atomic mass is 10.0. The molecular weight excluding hydrogens is 194 g/mol. The van der Waals surface area contributed by atoms with E-state index in [1.807, 2.05) is 6.92 Å². The van der Waals surface area contributed by atoms with Crippen LogP contribution >= 0.6 is 0 Å². The molecule has 1 atom stereocenters. The van der Waals surface area contributed by atoms with E-state index < -0.39 is 11.4 Å². The molecule has 0 heterocycles. The molecule has 15 heavy (non-hydrogen) atoms. The molecule has 0 aromatic rings. The first-order valence-electron chi connectivity index (χ1n) is 5.46. The highest BCUT2D eigenvalue weighted by atomic mass is 16.4. The van der Waals surface area contributed by atoms with Crippen LogP contribution in [0.3, 0.4) is 0 Å². The maximum atomic E-state index is 11.9. The number of carboxylic acids is 1. The molecule has 0 spiro atoms. The number of amides is 1. The van der Waals surface area contributed by atoms with Crippen LogP contribution in [0.25, 0.3) is 0 Å². The van der Waals surface area contributed by atoms with E-state index in [0.717, 1.165) is 12.8 Å². The van der Waals surface area contributed by atoms with Crippen LogP contribution in [-0.4, -0.2) is 35.0 Å². The minimum atomic E-state index is -1.09. The van der Waals surface area contributed by atoms with Gasteiger partial charge in [-0.3, -0.25) is 9.59 Å². The van der Waals surface area contributed by atoms with Gasteiger partial charge in [0.05, 0.1) is 0 Å². The summed E-state index contributed by atoms with van der Waals surface area (Å²) in [6.45, 7) is 4.01. The van der Waals surface area contributed by atoms with E-state index in [4.69, 9.17) is 5.11 Å². The summed E-state index contributed by atoms with van der Waals surface area (Å²) in [4.78, 5) is 24.5. The summed E-state index contributed by atoms with van der Waals surface area (Å²) in [7, 11) is 1.70. The molecule has 86 valence electrons. The molecule has 0 radical (unpaired) electrons. The van der Waals surface area contributed by atoms with Crippen LogP contribution in [0.5, 0.6) is 0 Å². The lowest BCUT2D eigenvalue weighted by molar-refractivity contribution is -0.153. The normalized spacial score (nSPS) is 19.4. The molecule has 4 nitrogen and oxygen atoms in total. The maximum absolute atomic E-state index is 11.9. The molecule has 0 aromatic carbocycles. The number of nitrogens with zero attached hydrogens (tertiary/aromatic N) is 1. The van der Waals surface area contributed by atoms with Crippen LogP contribution in [0.15, 0.2) is 0 Å². The zero-order chi connectivity index (χ0) is 11.6. The van der Waals surface area contributed by atoms with Crippen molar-refractivity contribution in [2.45, 2.75) is 45.6 Å². The summed E-state index contributed by atoms with van der Waals surface area (Å²) in [5.41, 5.74) is -1.09. The van der Waals surface area contributed by atoms with Gasteiger partial charge in [0.15, 0.2) is 0 Å². The van der Waals surface area contributed by atoms with Gasteiger partial charge in [0.2, 0.25) is 5.91 Å². The highest BCUT2D eigenvalue weighted by molar-refractivity contribution is 6.04. The van der Waals surface area contributed by atoms with Crippen molar-refractivity contribution in [1.29, 1.82) is 0 Å². The standard InChI is InChI=1S/C11H19NO3/c1-4-5-8(2)12(3)9(13)11(6-7-11)10(14)15/h8H,4-7H2,1-3H3,(H,14,15). The Hall–Kier alpha value is -1.06. The van der Waals surface area contributed by atoms with Crippen LogP contribution in [-0.2, 0) is 9.59 Å². The number of carbonyl (C=O) groups is 2. The molecule has 1 N–H and O–H groups in total. The lowest BCUT2D eigenvalue weighted by Gasteiger charge is -2.27. The van der Waals surface area contributed by atoms with Crippen molar-refractivity contribution < 1.29 is 14.7 Å². The van der Waals surface area contributed by atoms with Crippen LogP contribution in [0.4, 0.5) is 0 Å². The number of carboxylic acid groups (broad SMARTS) is 1. The van der Waals surface area contributed by atoms with Gasteiger partial charge in [-0.05, 0) is 26.2 Å². The fourth-order valence-electron chi connectivity index (χ4n) is 1.79. The van der Waals surface area contributed by atoms with E-state index in [-0.39, 0.29) is 11.9 Å². The molecule has 0 aromatic heterocycles. The quantitative estimate of drug-likeness (QED) is 0.704. The summed E-state index contributed by atoms with van der Waals surface area (Å²) in [5, 5.41) is 8.99. The molecule has 1 unspecified atom stereocenters. The molecule has 4 heteroatoms. The Kier molecular flexibility index (Phi) is 3.37. The second-order valence-corrected chi connectivity index (χ2v) is 4.44. The van der Waals surface area contributed by atoms with Gasteiger partial charge in [-0.1, -0.05) is 13.3 Å². The van der Waals surface area contributed by atoms with E-state index in [9.17, 15) is 9.59 Å². The van der Waals surface area contributed by atoms with E-state index in [1.165, 1.54) is 0 Å². The SMILES string of the molecule is CCCC(C)N(C)C(=O)C1(C(=O)O)CC1. The average molecular weight is 213 g/mol. The number of rotatable bonds is 5. The molecule has 0 bridgehead atoms. The minimum Gasteiger partial charge on any atom is -0.480 e. The maximum Gasteiger partial charge on any atom is 0.319 e. The zero-order valence-electron chi connectivity index (χ0n) is 9.62. The topological polar surface area (TPSA) is 57.6 Å². The van der Waals surface area contributed by atoms with Gasteiger partial charge in [-0.2, -0.15) is 0 Å². The Labute approximate surface area is 90.3 Å². The first-order chi connectivity index (χ1) is 6.95. The highest BCUT2D eigenvalue weighted by Crippen LogP contribution is 2.47. The van der Waals surface area contributed by atoms with Crippen molar-refractivity contribution in [2.24, 2.45) is 5.41 Å². The van der Waals surface area contributed by atoms with Crippen molar-refractivity contribution in [3.05, 3.63) is 0 Å². The van der Waals surface area contributed by atoms with E-state index >= 15 is 0 Å². The number of hydrogen-bond acceptors (Lipinski definition) is 2. The summed E-state index contributed by atoms with van der Waals surface area (Å²) < 4.78 is 0. The monoisotopic (exact) mass is 213 g/mol. The Morgan fingerprint density at radius 1 is 1.47 bits per heavy atom. The predicted octanol–water partition coefficient (Wildman–Crippen LogP) is 1.50. The zero-order valence-corrected chi connectivity index (χ0v) is 9.62. The minimum absolute atomic E-state index is 0.124. The van der Waals surface area contributed by atoms with Gasteiger partial charge in [0, 0.05) is 13.1 Å². The summed E-state index contributed by atoms with van der Waals surface area (Å²) in [6.07, 6.45) is 2.89. The third kappa shape index (κ3) is 2.13. The fraction of sp³-hybridized carbons (Fsp3) is 0.818. The third-order valence-electron chi connectivity index (χ3n) is 3.26. The van der Waals surface area contributed by atoms with E-state index in [2.05, 4.69) is 6.92 Å². The van der Waals surface area contributed by atoms with Crippen LogP contribution < -0.4 is 0 Å². The van der Waals surface area contributed by atoms with Crippen molar-refractivity contribution in [3.63, 3.8) is 0 Å². The fourth-order valence-corrected chi connectivity index (χ4v) is 1.79. The van der Waals surface area contributed by atoms with E-state index in [0.29, 0.717) is 12.8 Å². The number of carbonyl (C=O) groups excluding carboxylic acids is 1. The molecular formula is C11H19NO3. The molecule has 0 saturated heterocycles. The van der Waals surface area contributed by atoms with Crippen molar-refractivity contribution in [1.82, 2.24) is 4.90 Å². The summed E-state index contributed by atoms with van der Waals surface area (Å²) in [5.74, 6) is -1.20. The number of hydrogen-bond donors (Lipinski definition) is 1. The van der Waals surface area contributed by atoms with E-state index in [1.54, 1.807) is 11.9 Å². The van der Waals surface area contributed by atoms with Crippen LogP contribution in [0.2, 0.25) is 0 Å². The third-order valence-corrected chi connectivity index (χ3v) is 3.26. The van der Waals surface area contributed by atoms with Gasteiger partial charge in [-0.25, -0.2) is 0 Å². The second-order valence-electron chi connectivity index (χ2n) is 4.44. The number of aliphatic carboxylic acids is 1. The van der Waals surface area contributed by atoms with Gasteiger partial charge < -0.3 is 10.0 Å². The van der Waals surface area contributed by atoms with Gasteiger partial charge in [0.25, 0.3) is 0 Å².